The lowest BCUT2D eigenvalue weighted by atomic mass is 10.0. The van der Waals surface area contributed by atoms with Gasteiger partial charge in [-0.25, -0.2) is 32.2 Å². The molecule has 2 aromatic carbocycles. The van der Waals surface area contributed by atoms with Gasteiger partial charge in [0.05, 0.1) is 11.1 Å². The second-order valence-electron chi connectivity index (χ2n) is 10.1. The molecule has 1 aliphatic rings. The van der Waals surface area contributed by atoms with Gasteiger partial charge in [-0.2, -0.15) is 4.31 Å². The van der Waals surface area contributed by atoms with Crippen molar-refractivity contribution in [1.82, 2.24) is 24.6 Å². The summed E-state index contributed by atoms with van der Waals surface area (Å²) in [4.78, 5) is 27.9. The van der Waals surface area contributed by atoms with Gasteiger partial charge in [0.1, 0.15) is 23.1 Å². The van der Waals surface area contributed by atoms with Gasteiger partial charge in [0.15, 0.2) is 5.65 Å². The fourth-order valence-corrected chi connectivity index (χ4v) is 6.37. The average molecular weight is 651 g/mol. The molecule has 1 amide bonds. The van der Waals surface area contributed by atoms with Crippen LogP contribution in [0.5, 0.6) is 5.75 Å². The molecule has 0 radical (unpaired) electrons. The molecule has 1 aliphatic heterocycles. The molecule has 0 unspecified atom stereocenters. The molecular formula is C29H27F5N6O4S. The van der Waals surface area contributed by atoms with Gasteiger partial charge >= 0.3 is 6.36 Å². The minimum absolute atomic E-state index is 0.0773. The van der Waals surface area contributed by atoms with Crippen molar-refractivity contribution in [1.29, 1.82) is 0 Å². The Labute approximate surface area is 254 Å². The summed E-state index contributed by atoms with van der Waals surface area (Å²) in [6, 6.07) is 11.2. The zero-order chi connectivity index (χ0) is 32.4. The summed E-state index contributed by atoms with van der Waals surface area (Å²) in [6.07, 6.45) is -2.31. The van der Waals surface area contributed by atoms with Crippen LogP contribution in [0.3, 0.4) is 0 Å². The second kappa shape index (κ2) is 12.5. The molecule has 0 bridgehead atoms. The van der Waals surface area contributed by atoms with Crippen molar-refractivity contribution in [3.63, 3.8) is 0 Å². The fraction of sp³-hybridized carbons (Fsp3) is 0.310. The number of halogens is 5. The predicted octanol–water partition coefficient (Wildman–Crippen LogP) is 4.62. The molecule has 1 saturated heterocycles. The third kappa shape index (κ3) is 7.28. The molecule has 3 heterocycles. The van der Waals surface area contributed by atoms with Crippen molar-refractivity contribution in [3.05, 3.63) is 84.2 Å². The van der Waals surface area contributed by atoms with Crippen LogP contribution < -0.4 is 15.0 Å². The number of amides is 1. The number of rotatable bonds is 9. The van der Waals surface area contributed by atoms with E-state index in [-0.39, 0.29) is 43.1 Å². The number of sulfonamides is 1. The SMILES string of the molecule is CCC(F)(F)c1ccc(CNC(=O)[C@H]2CN(c3cnc4ncccc4n3)CCN2S(=O)(=O)c2ccc(OC(F)(F)F)cc2)cc1. The van der Waals surface area contributed by atoms with E-state index in [0.29, 0.717) is 22.5 Å². The minimum Gasteiger partial charge on any atom is -0.406 e. The van der Waals surface area contributed by atoms with Crippen molar-refractivity contribution in [3.8, 4) is 5.75 Å². The van der Waals surface area contributed by atoms with E-state index in [9.17, 15) is 35.2 Å². The molecule has 4 aromatic rings. The summed E-state index contributed by atoms with van der Waals surface area (Å²) in [7, 11) is -4.39. The maximum atomic E-state index is 14.0. The Morgan fingerprint density at radius 2 is 1.71 bits per heavy atom. The van der Waals surface area contributed by atoms with Gasteiger partial charge in [-0.15, -0.1) is 13.2 Å². The van der Waals surface area contributed by atoms with E-state index in [1.165, 1.54) is 37.4 Å². The van der Waals surface area contributed by atoms with Crippen LogP contribution >= 0.6 is 0 Å². The number of carbonyl (C=O) groups is 1. The summed E-state index contributed by atoms with van der Waals surface area (Å²) in [5.41, 5.74) is 1.23. The molecule has 45 heavy (non-hydrogen) atoms. The number of pyridine rings is 1. The number of hydrogen-bond acceptors (Lipinski definition) is 8. The molecule has 16 heteroatoms. The van der Waals surface area contributed by atoms with Gasteiger partial charge in [-0.3, -0.25) is 4.79 Å². The number of fused-ring (bicyclic) bond motifs is 1. The summed E-state index contributed by atoms with van der Waals surface area (Å²) >= 11 is 0. The molecule has 1 fully saturated rings. The molecule has 10 nitrogen and oxygen atoms in total. The number of nitrogens with zero attached hydrogens (tertiary/aromatic N) is 5. The standard InChI is InChI=1S/C29H27F5N6O4S/c1-2-28(30,31)20-7-5-19(6-8-20)16-37-27(41)24-18-39(25-17-36-26-23(38-25)4-3-13-35-26)14-15-40(24)45(42,43)22-11-9-21(10-12-22)44-29(32,33)34/h3-13,17,24H,2,14-16,18H2,1H3,(H,37,41)/t24-/m1/s1. The van der Waals surface area contributed by atoms with E-state index >= 15 is 0 Å². The minimum atomic E-state index is -4.96. The van der Waals surface area contributed by atoms with Crippen LogP contribution in [0.1, 0.15) is 24.5 Å². The molecule has 5 rings (SSSR count). The second-order valence-corrected chi connectivity index (χ2v) is 12.0. The Bertz CT molecular complexity index is 1770. The first-order valence-corrected chi connectivity index (χ1v) is 15.2. The van der Waals surface area contributed by atoms with Crippen LogP contribution in [0.2, 0.25) is 0 Å². The maximum Gasteiger partial charge on any atom is 0.573 e. The number of aromatic nitrogens is 3. The zero-order valence-corrected chi connectivity index (χ0v) is 24.5. The number of piperazine rings is 1. The van der Waals surface area contributed by atoms with Gasteiger partial charge in [-0.1, -0.05) is 31.2 Å². The number of ether oxygens (including phenoxy) is 1. The normalized spacial score (nSPS) is 16.5. The Morgan fingerprint density at radius 3 is 2.38 bits per heavy atom. The van der Waals surface area contributed by atoms with Gasteiger partial charge < -0.3 is 15.0 Å². The highest BCUT2D eigenvalue weighted by molar-refractivity contribution is 7.89. The topological polar surface area (TPSA) is 118 Å². The number of alkyl halides is 5. The van der Waals surface area contributed by atoms with Crippen molar-refractivity contribution in [2.24, 2.45) is 0 Å². The number of benzene rings is 2. The zero-order valence-electron chi connectivity index (χ0n) is 23.7. The molecule has 1 atom stereocenters. The van der Waals surface area contributed by atoms with Gasteiger partial charge in [0.25, 0.3) is 5.92 Å². The highest BCUT2D eigenvalue weighted by atomic mass is 32.2. The summed E-state index contributed by atoms with van der Waals surface area (Å²) in [5, 5.41) is 2.68. The van der Waals surface area contributed by atoms with Crippen molar-refractivity contribution < 1.29 is 39.9 Å². The van der Waals surface area contributed by atoms with E-state index < -0.39 is 40.0 Å². The third-order valence-corrected chi connectivity index (χ3v) is 9.13. The Morgan fingerprint density at radius 1 is 1.00 bits per heavy atom. The quantitative estimate of drug-likeness (QED) is 0.261. The van der Waals surface area contributed by atoms with E-state index in [0.717, 1.165) is 28.6 Å². The molecule has 238 valence electrons. The van der Waals surface area contributed by atoms with Crippen LogP contribution in [0.4, 0.5) is 27.8 Å². The highest BCUT2D eigenvalue weighted by Gasteiger charge is 2.41. The summed E-state index contributed by atoms with van der Waals surface area (Å²) < 4.78 is 98.1. The first-order chi connectivity index (χ1) is 21.3. The molecule has 0 spiro atoms. The lowest BCUT2D eigenvalue weighted by molar-refractivity contribution is -0.274. The van der Waals surface area contributed by atoms with Gasteiger partial charge in [0, 0.05) is 44.4 Å². The average Bonchev–Trinajstić information content (AvgIpc) is 3.02. The fourth-order valence-electron chi connectivity index (χ4n) is 4.80. The van der Waals surface area contributed by atoms with Crippen LogP contribution in [-0.4, -0.2) is 65.6 Å². The van der Waals surface area contributed by atoms with Crippen molar-refractivity contribution in [2.75, 3.05) is 24.5 Å². The lowest BCUT2D eigenvalue weighted by Crippen LogP contribution is -2.60. The van der Waals surface area contributed by atoms with Crippen molar-refractivity contribution >= 4 is 32.9 Å². The van der Waals surface area contributed by atoms with E-state index in [4.69, 9.17) is 0 Å². The predicted molar refractivity (Wildman–Crippen MR) is 153 cm³/mol. The molecule has 2 aromatic heterocycles. The Hall–Kier alpha value is -4.44. The number of hydrogen-bond donors (Lipinski definition) is 1. The molecule has 0 saturated carbocycles. The Balaban J connectivity index is 1.40. The first kappa shape index (κ1) is 32.0. The summed E-state index contributed by atoms with van der Waals surface area (Å²) in [6.45, 7) is 1.10. The number of nitrogens with one attached hydrogen (secondary N) is 1. The lowest BCUT2D eigenvalue weighted by Gasteiger charge is -2.40. The monoisotopic (exact) mass is 650 g/mol. The Kier molecular flexibility index (Phi) is 8.89. The smallest absolute Gasteiger partial charge is 0.406 e. The van der Waals surface area contributed by atoms with E-state index in [1.54, 1.807) is 23.2 Å². The van der Waals surface area contributed by atoms with Gasteiger partial charge in [-0.05, 0) is 42.0 Å². The molecule has 1 N–H and O–H groups in total. The largest absolute Gasteiger partial charge is 0.573 e. The van der Waals surface area contributed by atoms with E-state index in [1.807, 2.05) is 0 Å². The highest BCUT2D eigenvalue weighted by Crippen LogP contribution is 2.31. The van der Waals surface area contributed by atoms with Crippen LogP contribution in [-0.2, 0) is 27.3 Å². The van der Waals surface area contributed by atoms with Crippen molar-refractivity contribution in [2.45, 2.75) is 43.1 Å². The van der Waals surface area contributed by atoms with Gasteiger partial charge in [0.2, 0.25) is 15.9 Å². The first-order valence-electron chi connectivity index (χ1n) is 13.7. The number of carbonyl (C=O) groups excluding carboxylic acids is 1. The van der Waals surface area contributed by atoms with Crippen LogP contribution in [0.25, 0.3) is 11.2 Å². The van der Waals surface area contributed by atoms with Crippen LogP contribution in [0, 0.1) is 0 Å². The number of anilines is 1. The van der Waals surface area contributed by atoms with Crippen LogP contribution in [0.15, 0.2) is 78.0 Å². The summed E-state index contributed by atoms with van der Waals surface area (Å²) in [5.74, 6) is -3.90. The maximum absolute atomic E-state index is 14.0. The molecule has 0 aliphatic carbocycles. The third-order valence-electron chi connectivity index (χ3n) is 7.21. The van der Waals surface area contributed by atoms with E-state index in [2.05, 4.69) is 25.0 Å². The molecular weight excluding hydrogens is 623 g/mol.